The van der Waals surface area contributed by atoms with Gasteiger partial charge in [-0.3, -0.25) is 4.90 Å². The standard InChI is InChI=1S/C12H18F3NO5/c1-9(2,3)21-8(19)16-6-11(20,12(13,14)15)5-10(16,4)7(17)18/h20H,5-6H2,1-4H3,(H,17,18)/t10-,11-/m0/s1. The fraction of sp³-hybridized carbons (Fsp3) is 0.833. The van der Waals surface area contributed by atoms with Crippen LogP contribution in [0.2, 0.25) is 0 Å². The van der Waals surface area contributed by atoms with Gasteiger partial charge >= 0.3 is 18.2 Å². The lowest BCUT2D eigenvalue weighted by atomic mass is 9.91. The lowest BCUT2D eigenvalue weighted by Gasteiger charge is -2.32. The average Bonchev–Trinajstić information content (AvgIpc) is 2.50. The number of amides is 1. The molecule has 1 aliphatic rings. The van der Waals surface area contributed by atoms with E-state index in [0.717, 1.165) is 6.92 Å². The number of carboxylic acids is 1. The SMILES string of the molecule is CC(C)(C)OC(=O)N1C[C@](O)(C(F)(F)F)C[C@@]1(C)C(=O)O. The van der Waals surface area contributed by atoms with Crippen LogP contribution >= 0.6 is 0 Å². The van der Waals surface area contributed by atoms with Crippen LogP contribution in [-0.4, -0.2) is 56.6 Å². The Hall–Kier alpha value is -1.51. The highest BCUT2D eigenvalue weighted by atomic mass is 19.4. The summed E-state index contributed by atoms with van der Waals surface area (Å²) < 4.78 is 43.6. The van der Waals surface area contributed by atoms with E-state index in [1.54, 1.807) is 0 Å². The predicted octanol–water partition coefficient (Wildman–Crippen LogP) is 1.76. The van der Waals surface area contributed by atoms with E-state index >= 15 is 0 Å². The van der Waals surface area contributed by atoms with E-state index < -0.39 is 47.9 Å². The number of rotatable bonds is 1. The maximum Gasteiger partial charge on any atom is 0.419 e. The van der Waals surface area contributed by atoms with Gasteiger partial charge in [0, 0.05) is 6.42 Å². The van der Waals surface area contributed by atoms with Gasteiger partial charge < -0.3 is 14.9 Å². The fourth-order valence-corrected chi connectivity index (χ4v) is 2.12. The van der Waals surface area contributed by atoms with Gasteiger partial charge in [-0.15, -0.1) is 0 Å². The van der Waals surface area contributed by atoms with Crippen molar-refractivity contribution in [2.24, 2.45) is 0 Å². The van der Waals surface area contributed by atoms with Crippen LogP contribution in [0.5, 0.6) is 0 Å². The molecule has 1 saturated heterocycles. The molecule has 21 heavy (non-hydrogen) atoms. The predicted molar refractivity (Wildman–Crippen MR) is 64.6 cm³/mol. The van der Waals surface area contributed by atoms with E-state index in [4.69, 9.17) is 9.84 Å². The minimum absolute atomic E-state index is 0.411. The van der Waals surface area contributed by atoms with Crippen LogP contribution in [0.25, 0.3) is 0 Å². The van der Waals surface area contributed by atoms with E-state index in [9.17, 15) is 27.9 Å². The monoisotopic (exact) mass is 313 g/mol. The highest BCUT2D eigenvalue weighted by Gasteiger charge is 2.67. The molecular weight excluding hydrogens is 295 g/mol. The Balaban J connectivity index is 3.17. The van der Waals surface area contributed by atoms with Crippen molar-refractivity contribution in [1.82, 2.24) is 4.90 Å². The molecule has 1 rings (SSSR count). The number of carbonyl (C=O) groups excluding carboxylic acids is 1. The third-order valence-electron chi connectivity index (χ3n) is 3.25. The van der Waals surface area contributed by atoms with Gasteiger partial charge in [0.05, 0.1) is 6.54 Å². The first-order valence-electron chi connectivity index (χ1n) is 6.15. The van der Waals surface area contributed by atoms with Crippen molar-refractivity contribution < 1.29 is 37.7 Å². The molecule has 122 valence electrons. The normalized spacial score (nSPS) is 30.4. The zero-order valence-electron chi connectivity index (χ0n) is 12.1. The summed E-state index contributed by atoms with van der Waals surface area (Å²) in [6.45, 7) is 4.25. The van der Waals surface area contributed by atoms with Gasteiger partial charge in [0.2, 0.25) is 0 Å². The van der Waals surface area contributed by atoms with Crippen molar-refractivity contribution in [2.45, 2.75) is 57.0 Å². The van der Waals surface area contributed by atoms with Crippen LogP contribution in [0.3, 0.4) is 0 Å². The van der Waals surface area contributed by atoms with Crippen LogP contribution in [0.4, 0.5) is 18.0 Å². The summed E-state index contributed by atoms with van der Waals surface area (Å²) in [5.41, 5.74) is -6.49. The summed E-state index contributed by atoms with van der Waals surface area (Å²) in [6.07, 6.45) is -7.42. The van der Waals surface area contributed by atoms with Gasteiger partial charge in [-0.1, -0.05) is 0 Å². The van der Waals surface area contributed by atoms with Crippen LogP contribution in [-0.2, 0) is 9.53 Å². The molecule has 1 fully saturated rings. The van der Waals surface area contributed by atoms with Gasteiger partial charge in [0.25, 0.3) is 0 Å². The van der Waals surface area contributed by atoms with Gasteiger partial charge in [-0.25, -0.2) is 9.59 Å². The smallest absolute Gasteiger partial charge is 0.419 e. The Bertz CT molecular complexity index is 459. The van der Waals surface area contributed by atoms with E-state index in [0.29, 0.717) is 4.90 Å². The number of carbonyl (C=O) groups is 2. The Morgan fingerprint density at radius 1 is 1.24 bits per heavy atom. The number of nitrogens with zero attached hydrogens (tertiary/aromatic N) is 1. The summed E-state index contributed by atoms with van der Waals surface area (Å²) in [7, 11) is 0. The van der Waals surface area contributed by atoms with Crippen LogP contribution < -0.4 is 0 Å². The highest BCUT2D eigenvalue weighted by molar-refractivity contribution is 5.85. The first-order valence-corrected chi connectivity index (χ1v) is 6.15. The molecule has 0 radical (unpaired) electrons. The number of β-amino-alcohol motifs (C(OH)–C–C–N with tert-alkyl or cyclic N) is 1. The minimum Gasteiger partial charge on any atom is -0.480 e. The number of hydrogen-bond donors (Lipinski definition) is 2. The number of hydrogen-bond acceptors (Lipinski definition) is 4. The number of ether oxygens (including phenoxy) is 1. The summed E-state index contributed by atoms with van der Waals surface area (Å²) in [5.74, 6) is -1.64. The molecule has 0 aromatic heterocycles. The number of likely N-dealkylation sites (tertiary alicyclic amines) is 1. The Labute approximate surface area is 119 Å². The molecule has 9 heteroatoms. The lowest BCUT2D eigenvalue weighted by Crippen LogP contribution is -2.52. The molecule has 0 aromatic rings. The summed E-state index contributed by atoms with van der Waals surface area (Å²) >= 11 is 0. The molecule has 0 aromatic carbocycles. The largest absolute Gasteiger partial charge is 0.480 e. The van der Waals surface area contributed by atoms with Gasteiger partial charge in [0.1, 0.15) is 11.1 Å². The second-order valence-electron chi connectivity index (χ2n) is 6.35. The molecule has 0 aliphatic carbocycles. The summed E-state index contributed by atoms with van der Waals surface area (Å²) in [5, 5.41) is 18.9. The van der Waals surface area contributed by atoms with Crippen LogP contribution in [0, 0.1) is 0 Å². The van der Waals surface area contributed by atoms with E-state index in [2.05, 4.69) is 0 Å². The Kier molecular flexibility index (Phi) is 3.97. The molecule has 0 bridgehead atoms. The summed E-state index contributed by atoms with van der Waals surface area (Å²) in [6, 6.07) is 0. The molecular formula is C12H18F3NO5. The molecule has 0 spiro atoms. The third-order valence-corrected chi connectivity index (χ3v) is 3.25. The van der Waals surface area contributed by atoms with Crippen molar-refractivity contribution in [2.75, 3.05) is 6.54 Å². The number of alkyl halides is 3. The average molecular weight is 313 g/mol. The van der Waals surface area contributed by atoms with Crippen molar-refractivity contribution >= 4 is 12.1 Å². The van der Waals surface area contributed by atoms with Gasteiger partial charge in [0.15, 0.2) is 5.60 Å². The summed E-state index contributed by atoms with van der Waals surface area (Å²) in [4.78, 5) is 23.7. The van der Waals surface area contributed by atoms with Gasteiger partial charge in [-0.2, -0.15) is 13.2 Å². The van der Waals surface area contributed by atoms with Crippen molar-refractivity contribution in [3.63, 3.8) is 0 Å². The van der Waals surface area contributed by atoms with Gasteiger partial charge in [-0.05, 0) is 27.7 Å². The van der Waals surface area contributed by atoms with Crippen LogP contribution in [0.15, 0.2) is 0 Å². The zero-order valence-corrected chi connectivity index (χ0v) is 12.1. The molecule has 0 unspecified atom stereocenters. The van der Waals surface area contributed by atoms with E-state index in [1.165, 1.54) is 20.8 Å². The second kappa shape index (κ2) is 4.75. The molecule has 1 aliphatic heterocycles. The minimum atomic E-state index is -5.06. The van der Waals surface area contributed by atoms with Crippen molar-refractivity contribution in [3.05, 3.63) is 0 Å². The first kappa shape index (κ1) is 17.5. The zero-order chi connectivity index (χ0) is 16.9. The number of halogens is 3. The molecule has 0 saturated carbocycles. The fourth-order valence-electron chi connectivity index (χ4n) is 2.12. The van der Waals surface area contributed by atoms with Crippen LogP contribution in [0.1, 0.15) is 34.1 Å². The van der Waals surface area contributed by atoms with E-state index in [-0.39, 0.29) is 0 Å². The second-order valence-corrected chi connectivity index (χ2v) is 6.35. The van der Waals surface area contributed by atoms with E-state index in [1.807, 2.05) is 0 Å². The quantitative estimate of drug-likeness (QED) is 0.770. The molecule has 1 heterocycles. The maximum atomic E-state index is 12.9. The lowest BCUT2D eigenvalue weighted by molar-refractivity contribution is -0.254. The molecule has 2 atom stereocenters. The number of aliphatic carboxylic acids is 1. The third kappa shape index (κ3) is 3.22. The molecule has 2 N–H and O–H groups in total. The topological polar surface area (TPSA) is 87.1 Å². The Morgan fingerprint density at radius 2 is 1.71 bits per heavy atom. The van der Waals surface area contributed by atoms with Crippen molar-refractivity contribution in [3.8, 4) is 0 Å². The van der Waals surface area contributed by atoms with Crippen molar-refractivity contribution in [1.29, 1.82) is 0 Å². The highest BCUT2D eigenvalue weighted by Crippen LogP contribution is 2.45. The number of aliphatic hydroxyl groups is 1. The Morgan fingerprint density at radius 3 is 2.05 bits per heavy atom. The first-order chi connectivity index (χ1) is 9.12. The molecule has 1 amide bonds. The number of carboxylic acid groups (broad SMARTS) is 1. The molecule has 6 nitrogen and oxygen atoms in total. The maximum absolute atomic E-state index is 12.9.